The van der Waals surface area contributed by atoms with Crippen LogP contribution in [0.5, 0.6) is 17.2 Å². The monoisotopic (exact) mass is 367 g/mol. The molecule has 0 fully saturated rings. The van der Waals surface area contributed by atoms with Crippen molar-refractivity contribution in [3.63, 3.8) is 0 Å². The van der Waals surface area contributed by atoms with E-state index < -0.39 is 0 Å². The van der Waals surface area contributed by atoms with Gasteiger partial charge < -0.3 is 18.7 Å². The van der Waals surface area contributed by atoms with Crippen LogP contribution in [0.1, 0.15) is 11.5 Å². The maximum atomic E-state index is 5.64. The maximum absolute atomic E-state index is 5.64. The summed E-state index contributed by atoms with van der Waals surface area (Å²) in [4.78, 5) is 6.60. The van der Waals surface area contributed by atoms with Gasteiger partial charge in [-0.2, -0.15) is 4.98 Å². The molecule has 7 nitrogen and oxygen atoms in total. The first-order valence-corrected chi connectivity index (χ1v) is 8.76. The molecule has 2 aromatic carbocycles. The second kappa shape index (κ2) is 7.67. The van der Waals surface area contributed by atoms with Gasteiger partial charge in [-0.1, -0.05) is 23.4 Å². The van der Waals surface area contributed by atoms with E-state index >= 15 is 0 Å². The molecule has 1 aliphatic heterocycles. The summed E-state index contributed by atoms with van der Waals surface area (Å²) in [6.45, 7) is 2.44. The number of ether oxygens (including phenoxy) is 3. The van der Waals surface area contributed by atoms with Gasteiger partial charge in [0.2, 0.25) is 11.7 Å². The molecule has 0 N–H and O–H groups in total. The van der Waals surface area contributed by atoms with Crippen molar-refractivity contribution in [1.82, 2.24) is 15.0 Å². The van der Waals surface area contributed by atoms with E-state index in [1.807, 2.05) is 49.5 Å². The van der Waals surface area contributed by atoms with E-state index in [0.717, 1.165) is 34.9 Å². The molecule has 27 heavy (non-hydrogen) atoms. The summed E-state index contributed by atoms with van der Waals surface area (Å²) in [6, 6.07) is 13.6. The average Bonchev–Trinajstić information content (AvgIpc) is 3.16. The largest absolute Gasteiger partial charge is 0.496 e. The highest BCUT2D eigenvalue weighted by Crippen LogP contribution is 2.31. The first kappa shape index (κ1) is 17.4. The molecule has 0 amide bonds. The molecule has 0 unspecified atom stereocenters. The molecule has 140 valence electrons. The van der Waals surface area contributed by atoms with Gasteiger partial charge in [0.1, 0.15) is 19.0 Å². The van der Waals surface area contributed by atoms with Crippen molar-refractivity contribution >= 4 is 0 Å². The van der Waals surface area contributed by atoms with Crippen LogP contribution >= 0.6 is 0 Å². The van der Waals surface area contributed by atoms with Crippen LogP contribution in [0.25, 0.3) is 11.4 Å². The van der Waals surface area contributed by atoms with E-state index in [-0.39, 0.29) is 0 Å². The smallest absolute Gasteiger partial charge is 0.241 e. The molecule has 1 aliphatic rings. The van der Waals surface area contributed by atoms with E-state index in [1.54, 1.807) is 7.11 Å². The number of methoxy groups -OCH3 is 1. The molecule has 7 heteroatoms. The SMILES string of the molecule is COc1ccccc1-c1noc(CN(C)Cc2ccc3c(c2)OCCO3)n1. The molecule has 0 bridgehead atoms. The van der Waals surface area contributed by atoms with Gasteiger partial charge in [0.25, 0.3) is 0 Å². The van der Waals surface area contributed by atoms with Crippen molar-refractivity contribution in [3.05, 3.63) is 53.9 Å². The first-order chi connectivity index (χ1) is 13.2. The van der Waals surface area contributed by atoms with Crippen molar-refractivity contribution in [2.45, 2.75) is 13.1 Å². The Bertz CT molecular complexity index is 925. The highest BCUT2D eigenvalue weighted by Gasteiger charge is 2.16. The lowest BCUT2D eigenvalue weighted by Gasteiger charge is -2.20. The number of nitrogens with zero attached hydrogens (tertiary/aromatic N) is 3. The summed E-state index contributed by atoms with van der Waals surface area (Å²) < 4.78 is 22.0. The number of aromatic nitrogens is 2. The normalized spacial score (nSPS) is 13.0. The maximum Gasteiger partial charge on any atom is 0.241 e. The summed E-state index contributed by atoms with van der Waals surface area (Å²) >= 11 is 0. The topological polar surface area (TPSA) is 69.9 Å². The predicted molar refractivity (Wildman–Crippen MR) is 98.9 cm³/mol. The van der Waals surface area contributed by atoms with E-state index in [1.165, 1.54) is 0 Å². The van der Waals surface area contributed by atoms with Crippen LogP contribution in [0, 0.1) is 0 Å². The molecular weight excluding hydrogens is 346 g/mol. The van der Waals surface area contributed by atoms with Crippen molar-refractivity contribution < 1.29 is 18.7 Å². The fourth-order valence-corrected chi connectivity index (χ4v) is 3.04. The summed E-state index contributed by atoms with van der Waals surface area (Å²) in [5, 5.41) is 4.08. The van der Waals surface area contributed by atoms with Crippen LogP contribution in [-0.2, 0) is 13.1 Å². The minimum Gasteiger partial charge on any atom is -0.496 e. The molecule has 4 rings (SSSR count). The Morgan fingerprint density at radius 1 is 1.04 bits per heavy atom. The van der Waals surface area contributed by atoms with Crippen LogP contribution in [0.3, 0.4) is 0 Å². The summed E-state index contributed by atoms with van der Waals surface area (Å²) in [5.74, 6) is 3.38. The van der Waals surface area contributed by atoms with Gasteiger partial charge in [-0.3, -0.25) is 4.90 Å². The van der Waals surface area contributed by atoms with Crippen LogP contribution < -0.4 is 14.2 Å². The lowest BCUT2D eigenvalue weighted by Crippen LogP contribution is -2.18. The third-order valence-corrected chi connectivity index (χ3v) is 4.28. The Hall–Kier alpha value is -3.06. The first-order valence-electron chi connectivity index (χ1n) is 8.76. The molecule has 0 radical (unpaired) electrons. The summed E-state index contributed by atoms with van der Waals surface area (Å²) in [6.07, 6.45) is 0. The number of fused-ring (bicyclic) bond motifs is 1. The minimum absolute atomic E-state index is 0.523. The molecule has 2 heterocycles. The lowest BCUT2D eigenvalue weighted by molar-refractivity contribution is 0.171. The summed E-state index contributed by atoms with van der Waals surface area (Å²) in [5.41, 5.74) is 1.94. The molecule has 0 atom stereocenters. The van der Waals surface area contributed by atoms with E-state index in [0.29, 0.717) is 31.5 Å². The van der Waals surface area contributed by atoms with E-state index in [4.69, 9.17) is 18.7 Å². The second-order valence-corrected chi connectivity index (χ2v) is 6.36. The molecule has 1 aromatic heterocycles. The van der Waals surface area contributed by atoms with Crippen LogP contribution in [-0.4, -0.2) is 42.4 Å². The van der Waals surface area contributed by atoms with Crippen LogP contribution in [0.4, 0.5) is 0 Å². The molecule has 0 spiro atoms. The standard InChI is InChI=1S/C20H21N3O4/c1-23(12-14-7-8-17-18(11-14)26-10-9-25-17)13-19-21-20(22-27-19)15-5-3-4-6-16(15)24-2/h3-8,11H,9-10,12-13H2,1-2H3. The number of para-hydroxylation sites is 1. The number of rotatable bonds is 6. The number of benzene rings is 2. The minimum atomic E-state index is 0.523. The van der Waals surface area contributed by atoms with Gasteiger partial charge in [-0.05, 0) is 36.9 Å². The van der Waals surface area contributed by atoms with Crippen LogP contribution in [0.15, 0.2) is 47.0 Å². The zero-order valence-corrected chi connectivity index (χ0v) is 15.3. The van der Waals surface area contributed by atoms with Crippen molar-refractivity contribution in [3.8, 4) is 28.6 Å². The van der Waals surface area contributed by atoms with Gasteiger partial charge >= 0.3 is 0 Å². The molecule has 0 saturated heterocycles. The fraction of sp³-hybridized carbons (Fsp3) is 0.300. The zero-order chi connectivity index (χ0) is 18.6. The average molecular weight is 367 g/mol. The lowest BCUT2D eigenvalue weighted by atomic mass is 10.2. The molecule has 0 aliphatic carbocycles. The third kappa shape index (κ3) is 3.88. The van der Waals surface area contributed by atoms with Gasteiger partial charge in [-0.15, -0.1) is 0 Å². The van der Waals surface area contributed by atoms with Crippen molar-refractivity contribution in [1.29, 1.82) is 0 Å². The Kier molecular flexibility index (Phi) is 4.93. The van der Waals surface area contributed by atoms with Gasteiger partial charge in [-0.25, -0.2) is 0 Å². The second-order valence-electron chi connectivity index (χ2n) is 6.36. The molecular formula is C20H21N3O4. The van der Waals surface area contributed by atoms with Crippen molar-refractivity contribution in [2.75, 3.05) is 27.4 Å². The van der Waals surface area contributed by atoms with Crippen LogP contribution in [0.2, 0.25) is 0 Å². The highest BCUT2D eigenvalue weighted by atomic mass is 16.6. The predicted octanol–water partition coefficient (Wildman–Crippen LogP) is 3.15. The number of hydrogen-bond acceptors (Lipinski definition) is 7. The Labute approximate surface area is 157 Å². The van der Waals surface area contributed by atoms with E-state index in [2.05, 4.69) is 15.0 Å². The Balaban J connectivity index is 1.43. The van der Waals surface area contributed by atoms with Gasteiger partial charge in [0, 0.05) is 6.54 Å². The van der Waals surface area contributed by atoms with Gasteiger partial charge in [0.15, 0.2) is 11.5 Å². The molecule has 0 saturated carbocycles. The van der Waals surface area contributed by atoms with Gasteiger partial charge in [0.05, 0.1) is 19.2 Å². The quantitative estimate of drug-likeness (QED) is 0.663. The molecule has 3 aromatic rings. The number of hydrogen-bond donors (Lipinski definition) is 0. The zero-order valence-electron chi connectivity index (χ0n) is 15.3. The summed E-state index contributed by atoms with van der Waals surface area (Å²) in [7, 11) is 3.63. The Morgan fingerprint density at radius 3 is 2.70 bits per heavy atom. The Morgan fingerprint density at radius 2 is 1.85 bits per heavy atom. The third-order valence-electron chi connectivity index (χ3n) is 4.28. The van der Waals surface area contributed by atoms with Crippen molar-refractivity contribution in [2.24, 2.45) is 0 Å². The van der Waals surface area contributed by atoms with E-state index in [9.17, 15) is 0 Å². The fourth-order valence-electron chi connectivity index (χ4n) is 3.04. The highest BCUT2D eigenvalue weighted by molar-refractivity contribution is 5.63.